The number of amides is 1. The summed E-state index contributed by atoms with van der Waals surface area (Å²) in [7, 11) is 6.75. The van der Waals surface area contributed by atoms with Crippen LogP contribution in [0.5, 0.6) is 5.75 Å². The number of rotatable bonds is 4. The van der Waals surface area contributed by atoms with Crippen LogP contribution in [-0.4, -0.2) is 87.6 Å². The van der Waals surface area contributed by atoms with Crippen LogP contribution in [0.1, 0.15) is 17.5 Å². The molecule has 4 atom stereocenters. The minimum atomic E-state index is -2.68. The van der Waals surface area contributed by atoms with Gasteiger partial charge in [0, 0.05) is 43.0 Å². The van der Waals surface area contributed by atoms with E-state index in [2.05, 4.69) is 4.98 Å². The molecule has 39 heavy (non-hydrogen) atoms. The van der Waals surface area contributed by atoms with Crippen molar-refractivity contribution < 1.29 is 34.8 Å². The molecular formula is C28H30N4O7. The van der Waals surface area contributed by atoms with Crippen molar-refractivity contribution in [1.82, 2.24) is 9.88 Å². The number of phenols is 1. The van der Waals surface area contributed by atoms with Gasteiger partial charge in [-0.25, -0.2) is 0 Å². The van der Waals surface area contributed by atoms with E-state index in [1.54, 1.807) is 44.6 Å². The maximum atomic E-state index is 14.0. The number of anilines is 1. The molecule has 0 radical (unpaired) electrons. The first-order valence-electron chi connectivity index (χ1n) is 12.4. The lowest BCUT2D eigenvalue weighted by atomic mass is 9.57. The van der Waals surface area contributed by atoms with Crippen LogP contribution < -0.4 is 10.6 Å². The molecule has 0 unspecified atom stereocenters. The molecule has 1 amide bonds. The van der Waals surface area contributed by atoms with Crippen LogP contribution in [0.3, 0.4) is 0 Å². The number of ketones is 2. The summed E-state index contributed by atoms with van der Waals surface area (Å²) in [4.78, 5) is 47.0. The van der Waals surface area contributed by atoms with Gasteiger partial charge in [0.25, 0.3) is 5.91 Å². The number of phenolic OH excluding ortho intramolecular Hbond substituents is 1. The van der Waals surface area contributed by atoms with Crippen LogP contribution in [0.4, 0.5) is 5.69 Å². The summed E-state index contributed by atoms with van der Waals surface area (Å²) in [5, 5.41) is 45.7. The summed E-state index contributed by atoms with van der Waals surface area (Å²) < 4.78 is 0. The van der Waals surface area contributed by atoms with Crippen molar-refractivity contribution in [2.24, 2.45) is 17.6 Å². The zero-order valence-corrected chi connectivity index (χ0v) is 22.0. The monoisotopic (exact) mass is 534 g/mol. The number of aromatic hydroxyl groups is 1. The van der Waals surface area contributed by atoms with Crippen molar-refractivity contribution >= 4 is 28.9 Å². The number of nitrogens with two attached hydrogens (primary N) is 1. The second kappa shape index (κ2) is 8.92. The van der Waals surface area contributed by atoms with Gasteiger partial charge in [-0.3, -0.25) is 24.3 Å². The van der Waals surface area contributed by atoms with E-state index in [9.17, 15) is 34.8 Å². The van der Waals surface area contributed by atoms with E-state index in [0.717, 1.165) is 0 Å². The fourth-order valence-corrected chi connectivity index (χ4v) is 6.41. The Morgan fingerprint density at radius 3 is 2.38 bits per heavy atom. The summed E-state index contributed by atoms with van der Waals surface area (Å²) in [6, 6.07) is 5.81. The van der Waals surface area contributed by atoms with Crippen molar-refractivity contribution in [1.29, 1.82) is 0 Å². The lowest BCUT2D eigenvalue weighted by Crippen LogP contribution is -2.65. The zero-order valence-electron chi connectivity index (χ0n) is 22.0. The molecule has 2 aromatic rings. The number of aromatic nitrogens is 1. The van der Waals surface area contributed by atoms with E-state index >= 15 is 0 Å². The highest BCUT2D eigenvalue weighted by Crippen LogP contribution is 2.54. The molecule has 6 N–H and O–H groups in total. The molecule has 1 fully saturated rings. The number of carbonyl (C=O) groups is 3. The van der Waals surface area contributed by atoms with E-state index in [1.165, 1.54) is 4.90 Å². The molecule has 0 spiro atoms. The predicted octanol–water partition coefficient (Wildman–Crippen LogP) is 1.09. The lowest BCUT2D eigenvalue weighted by Gasteiger charge is -2.50. The topological polar surface area (TPSA) is 178 Å². The SMILES string of the molecule is CN(C)c1cc(-c2ccccn2)c(O)c2c1C[C@H]1C[C@H]3[C@H](N(C)C)C(=O)C(C(N)=O)=C(O)[C@@]3(O)C(=O)C1=C2O. The number of nitrogens with zero attached hydrogens (tertiary/aromatic N) is 3. The quantitative estimate of drug-likeness (QED) is 0.357. The number of Topliss-reactive ketones (excluding diaryl/α,β-unsaturated/α-hetero) is 2. The Bertz CT molecular complexity index is 1490. The van der Waals surface area contributed by atoms with Crippen LogP contribution in [0.2, 0.25) is 0 Å². The summed E-state index contributed by atoms with van der Waals surface area (Å²) in [6.07, 6.45) is 1.80. The van der Waals surface area contributed by atoms with Gasteiger partial charge in [0.15, 0.2) is 11.4 Å². The number of primary amides is 1. The molecule has 1 aromatic carbocycles. The maximum absolute atomic E-state index is 14.0. The van der Waals surface area contributed by atoms with Gasteiger partial charge in [0.2, 0.25) is 5.78 Å². The molecule has 1 aromatic heterocycles. The zero-order chi connectivity index (χ0) is 28.5. The standard InChI is InChI=1S/C28H30N4O7/c1-31(2)17-11-13(16-7-5-6-8-30-16)22(33)19-14(17)9-12-10-15-21(32(3)4)24(35)20(27(29)38)26(37)28(15,39)25(36)18(12)23(19)34/h5-8,11-12,15,21,33-34,37,39H,9-10H2,1-4H3,(H2,29,38)/t12-,15-,21-,28-/m0/s1. The summed E-state index contributed by atoms with van der Waals surface area (Å²) in [6.45, 7) is 0. The van der Waals surface area contributed by atoms with Gasteiger partial charge in [-0.05, 0) is 56.6 Å². The van der Waals surface area contributed by atoms with Gasteiger partial charge in [-0.1, -0.05) is 6.07 Å². The smallest absolute Gasteiger partial charge is 0.255 e. The number of hydrogen-bond donors (Lipinski definition) is 5. The second-order valence-corrected chi connectivity index (χ2v) is 10.7. The first kappa shape index (κ1) is 26.4. The molecule has 0 saturated heterocycles. The Balaban J connectivity index is 1.78. The molecule has 0 bridgehead atoms. The normalized spacial score (nSPS) is 26.4. The fraction of sp³-hybridized carbons (Fsp3) is 0.357. The van der Waals surface area contributed by atoms with Gasteiger partial charge in [-0.2, -0.15) is 0 Å². The molecule has 3 aliphatic carbocycles. The number of pyridine rings is 1. The van der Waals surface area contributed by atoms with Gasteiger partial charge in [-0.15, -0.1) is 0 Å². The van der Waals surface area contributed by atoms with Gasteiger partial charge in [0.1, 0.15) is 22.8 Å². The summed E-state index contributed by atoms with van der Waals surface area (Å²) >= 11 is 0. The van der Waals surface area contributed by atoms with Crippen molar-refractivity contribution in [2.75, 3.05) is 33.1 Å². The lowest BCUT2D eigenvalue weighted by molar-refractivity contribution is -0.153. The van der Waals surface area contributed by atoms with Crippen LogP contribution >= 0.6 is 0 Å². The van der Waals surface area contributed by atoms with Crippen LogP contribution in [0.15, 0.2) is 47.4 Å². The highest BCUT2D eigenvalue weighted by molar-refractivity contribution is 6.24. The fourth-order valence-electron chi connectivity index (χ4n) is 6.41. The Morgan fingerprint density at radius 2 is 1.82 bits per heavy atom. The number of fused-ring (bicyclic) bond motifs is 3. The predicted molar refractivity (Wildman–Crippen MR) is 142 cm³/mol. The molecular weight excluding hydrogens is 504 g/mol. The van der Waals surface area contributed by atoms with Gasteiger partial charge in [0.05, 0.1) is 17.3 Å². The Hall–Kier alpha value is -4.22. The van der Waals surface area contributed by atoms with Crippen LogP contribution in [0, 0.1) is 11.8 Å². The number of hydrogen-bond acceptors (Lipinski definition) is 10. The van der Waals surface area contributed by atoms with E-state index < -0.39 is 58.0 Å². The Labute approximate surface area is 224 Å². The van der Waals surface area contributed by atoms with E-state index in [1.807, 2.05) is 19.0 Å². The Morgan fingerprint density at radius 1 is 1.13 bits per heavy atom. The number of benzene rings is 1. The molecule has 1 heterocycles. The van der Waals surface area contributed by atoms with Crippen molar-refractivity contribution in [3.8, 4) is 17.0 Å². The van der Waals surface area contributed by atoms with Crippen molar-refractivity contribution in [3.05, 3.63) is 58.5 Å². The number of aliphatic hydroxyl groups excluding tert-OH is 2. The van der Waals surface area contributed by atoms with Crippen molar-refractivity contribution in [3.63, 3.8) is 0 Å². The first-order valence-corrected chi connectivity index (χ1v) is 12.4. The molecule has 11 nitrogen and oxygen atoms in total. The summed E-state index contributed by atoms with van der Waals surface area (Å²) in [5.74, 6) is -6.81. The molecule has 11 heteroatoms. The third kappa shape index (κ3) is 3.57. The van der Waals surface area contributed by atoms with Gasteiger partial charge < -0.3 is 31.1 Å². The third-order valence-corrected chi connectivity index (χ3v) is 8.12. The first-order chi connectivity index (χ1) is 18.3. The minimum Gasteiger partial charge on any atom is -0.508 e. The maximum Gasteiger partial charge on any atom is 0.255 e. The molecule has 5 rings (SSSR count). The average Bonchev–Trinajstić information content (AvgIpc) is 2.86. The minimum absolute atomic E-state index is 0.0261. The highest BCUT2D eigenvalue weighted by Gasteiger charge is 2.64. The number of carbonyl (C=O) groups excluding carboxylic acids is 3. The van der Waals surface area contributed by atoms with E-state index in [-0.39, 0.29) is 29.7 Å². The second-order valence-electron chi connectivity index (χ2n) is 10.7. The third-order valence-electron chi connectivity index (χ3n) is 8.12. The number of likely N-dealkylation sites (N-methyl/N-ethyl adjacent to an activating group) is 1. The van der Waals surface area contributed by atoms with Gasteiger partial charge >= 0.3 is 0 Å². The molecule has 3 aliphatic rings. The average molecular weight is 535 g/mol. The summed E-state index contributed by atoms with van der Waals surface area (Å²) in [5.41, 5.74) is 3.73. The van der Waals surface area contributed by atoms with Crippen LogP contribution in [-0.2, 0) is 20.8 Å². The molecule has 1 saturated carbocycles. The Kier molecular flexibility index (Phi) is 6.04. The van der Waals surface area contributed by atoms with E-state index in [0.29, 0.717) is 22.5 Å². The molecule has 204 valence electrons. The number of aliphatic hydroxyl groups is 3. The van der Waals surface area contributed by atoms with E-state index in [4.69, 9.17) is 5.73 Å². The highest BCUT2D eigenvalue weighted by atomic mass is 16.3. The largest absolute Gasteiger partial charge is 0.508 e. The van der Waals surface area contributed by atoms with Crippen LogP contribution in [0.25, 0.3) is 17.0 Å². The molecule has 0 aliphatic heterocycles. The van der Waals surface area contributed by atoms with Crippen molar-refractivity contribution in [2.45, 2.75) is 24.5 Å².